The molecule has 0 aliphatic rings. The fraction of sp³-hybridized carbons (Fsp3) is 0.294. The zero-order chi connectivity index (χ0) is 13.1. The van der Waals surface area contributed by atoms with Gasteiger partial charge in [0.1, 0.15) is 0 Å². The number of halogens is 1. The van der Waals surface area contributed by atoms with Gasteiger partial charge < -0.3 is 0 Å². The topological polar surface area (TPSA) is 0 Å². The highest BCUT2D eigenvalue weighted by atomic mass is 79.9. The molecule has 0 heterocycles. The SMILES string of the molecule is CCc1ccc(Cc2cc(C)cc(Br)c2C)cc1. The van der Waals surface area contributed by atoms with Gasteiger partial charge in [-0.15, -0.1) is 0 Å². The highest BCUT2D eigenvalue weighted by Gasteiger charge is 2.05. The van der Waals surface area contributed by atoms with E-state index >= 15 is 0 Å². The summed E-state index contributed by atoms with van der Waals surface area (Å²) >= 11 is 3.63. The Kier molecular flexibility index (Phi) is 4.23. The molecule has 0 aliphatic heterocycles. The smallest absolute Gasteiger partial charge is 0.0209 e. The molecule has 0 aliphatic carbocycles. The van der Waals surface area contributed by atoms with Crippen LogP contribution in [0.3, 0.4) is 0 Å². The van der Waals surface area contributed by atoms with Gasteiger partial charge in [-0.25, -0.2) is 0 Å². The molecule has 0 saturated heterocycles. The molecule has 0 unspecified atom stereocenters. The highest BCUT2D eigenvalue weighted by Crippen LogP contribution is 2.24. The Morgan fingerprint density at radius 1 is 0.944 bits per heavy atom. The van der Waals surface area contributed by atoms with Gasteiger partial charge in [0.05, 0.1) is 0 Å². The zero-order valence-electron chi connectivity index (χ0n) is 11.3. The van der Waals surface area contributed by atoms with E-state index in [1.807, 2.05) is 0 Å². The van der Waals surface area contributed by atoms with E-state index in [0.717, 1.165) is 12.8 Å². The molecule has 0 fully saturated rings. The number of hydrogen-bond acceptors (Lipinski definition) is 0. The minimum atomic E-state index is 1.01. The van der Waals surface area contributed by atoms with Crippen molar-refractivity contribution in [1.82, 2.24) is 0 Å². The van der Waals surface area contributed by atoms with Gasteiger partial charge in [0.25, 0.3) is 0 Å². The maximum Gasteiger partial charge on any atom is 0.0209 e. The Hall–Kier alpha value is -1.08. The van der Waals surface area contributed by atoms with Crippen molar-refractivity contribution in [2.24, 2.45) is 0 Å². The molecule has 0 spiro atoms. The molecular weight excluding hydrogens is 284 g/mol. The van der Waals surface area contributed by atoms with Gasteiger partial charge in [0.15, 0.2) is 0 Å². The van der Waals surface area contributed by atoms with Crippen molar-refractivity contribution in [2.75, 3.05) is 0 Å². The van der Waals surface area contributed by atoms with Crippen LogP contribution in [0.15, 0.2) is 40.9 Å². The van der Waals surface area contributed by atoms with E-state index in [1.54, 1.807) is 0 Å². The van der Waals surface area contributed by atoms with Crippen molar-refractivity contribution in [2.45, 2.75) is 33.6 Å². The van der Waals surface area contributed by atoms with E-state index in [2.05, 4.69) is 73.1 Å². The summed E-state index contributed by atoms with van der Waals surface area (Å²) < 4.78 is 1.21. The lowest BCUT2D eigenvalue weighted by molar-refractivity contribution is 1.10. The van der Waals surface area contributed by atoms with Gasteiger partial charge in [0.2, 0.25) is 0 Å². The van der Waals surface area contributed by atoms with Crippen LogP contribution in [-0.4, -0.2) is 0 Å². The first kappa shape index (κ1) is 13.4. The molecule has 0 aromatic heterocycles. The van der Waals surface area contributed by atoms with Gasteiger partial charge >= 0.3 is 0 Å². The molecule has 2 aromatic carbocycles. The lowest BCUT2D eigenvalue weighted by atomic mass is 9.98. The quantitative estimate of drug-likeness (QED) is 0.729. The predicted molar refractivity (Wildman–Crippen MR) is 82.2 cm³/mol. The summed E-state index contributed by atoms with van der Waals surface area (Å²) in [5, 5.41) is 0. The van der Waals surface area contributed by atoms with E-state index < -0.39 is 0 Å². The summed E-state index contributed by atoms with van der Waals surface area (Å²) in [5.74, 6) is 0. The van der Waals surface area contributed by atoms with E-state index in [9.17, 15) is 0 Å². The second-order valence-electron chi connectivity index (χ2n) is 4.88. The Morgan fingerprint density at radius 2 is 1.56 bits per heavy atom. The van der Waals surface area contributed by atoms with Gasteiger partial charge in [0, 0.05) is 4.47 Å². The molecule has 0 bridgehead atoms. The molecule has 0 amide bonds. The first-order valence-corrected chi connectivity index (χ1v) is 7.23. The number of rotatable bonds is 3. The Bertz CT molecular complexity index is 538. The summed E-state index contributed by atoms with van der Waals surface area (Å²) in [6.07, 6.45) is 2.12. The van der Waals surface area contributed by atoms with Gasteiger partial charge in [-0.2, -0.15) is 0 Å². The second-order valence-corrected chi connectivity index (χ2v) is 5.73. The first-order valence-electron chi connectivity index (χ1n) is 6.43. The molecule has 94 valence electrons. The van der Waals surface area contributed by atoms with E-state index in [-0.39, 0.29) is 0 Å². The maximum atomic E-state index is 3.63. The first-order chi connectivity index (χ1) is 8.60. The summed E-state index contributed by atoms with van der Waals surface area (Å²) in [4.78, 5) is 0. The monoisotopic (exact) mass is 302 g/mol. The average Bonchev–Trinajstić information content (AvgIpc) is 2.36. The number of hydrogen-bond donors (Lipinski definition) is 0. The zero-order valence-corrected chi connectivity index (χ0v) is 12.8. The van der Waals surface area contributed by atoms with Crippen LogP contribution in [0.4, 0.5) is 0 Å². The Balaban J connectivity index is 2.27. The predicted octanol–water partition coefficient (Wildman–Crippen LogP) is 5.22. The van der Waals surface area contributed by atoms with Crippen LogP contribution in [-0.2, 0) is 12.8 Å². The second kappa shape index (κ2) is 5.71. The molecule has 18 heavy (non-hydrogen) atoms. The molecule has 0 atom stereocenters. The molecule has 0 radical (unpaired) electrons. The lowest BCUT2D eigenvalue weighted by Gasteiger charge is -2.10. The van der Waals surface area contributed by atoms with Crippen molar-refractivity contribution < 1.29 is 0 Å². The standard InChI is InChI=1S/C17H19Br/c1-4-14-5-7-15(8-6-14)11-16-9-12(2)10-17(18)13(16)3/h5-10H,4,11H2,1-3H3. The number of aryl methyl sites for hydroxylation is 2. The summed E-state index contributed by atoms with van der Waals surface area (Å²) in [7, 11) is 0. The summed E-state index contributed by atoms with van der Waals surface area (Å²) in [6, 6.07) is 13.4. The van der Waals surface area contributed by atoms with Crippen molar-refractivity contribution in [3.8, 4) is 0 Å². The minimum absolute atomic E-state index is 1.01. The van der Waals surface area contributed by atoms with Gasteiger partial charge in [-0.3, -0.25) is 0 Å². The third-order valence-electron chi connectivity index (χ3n) is 3.42. The third-order valence-corrected chi connectivity index (χ3v) is 4.25. The summed E-state index contributed by atoms with van der Waals surface area (Å²) in [5.41, 5.74) is 6.85. The molecule has 2 rings (SSSR count). The minimum Gasteiger partial charge on any atom is -0.0613 e. The van der Waals surface area contributed by atoms with Crippen LogP contribution < -0.4 is 0 Å². The number of benzene rings is 2. The van der Waals surface area contributed by atoms with Gasteiger partial charge in [-0.05, 0) is 60.6 Å². The fourth-order valence-electron chi connectivity index (χ4n) is 2.18. The highest BCUT2D eigenvalue weighted by molar-refractivity contribution is 9.10. The van der Waals surface area contributed by atoms with Crippen LogP contribution >= 0.6 is 15.9 Å². The third kappa shape index (κ3) is 3.02. The normalized spacial score (nSPS) is 10.7. The van der Waals surface area contributed by atoms with E-state index in [4.69, 9.17) is 0 Å². The fourth-order valence-corrected chi connectivity index (χ4v) is 2.80. The van der Waals surface area contributed by atoms with Crippen LogP contribution in [0.2, 0.25) is 0 Å². The van der Waals surface area contributed by atoms with Crippen LogP contribution in [0.1, 0.15) is 34.7 Å². The Labute approximate surface area is 118 Å². The van der Waals surface area contributed by atoms with Crippen molar-refractivity contribution >= 4 is 15.9 Å². The van der Waals surface area contributed by atoms with Crippen LogP contribution in [0, 0.1) is 13.8 Å². The van der Waals surface area contributed by atoms with Crippen LogP contribution in [0.5, 0.6) is 0 Å². The van der Waals surface area contributed by atoms with E-state index in [1.165, 1.54) is 32.3 Å². The van der Waals surface area contributed by atoms with Crippen molar-refractivity contribution in [1.29, 1.82) is 0 Å². The molecule has 1 heteroatoms. The van der Waals surface area contributed by atoms with Crippen molar-refractivity contribution in [3.63, 3.8) is 0 Å². The molecule has 0 saturated carbocycles. The summed E-state index contributed by atoms with van der Waals surface area (Å²) in [6.45, 7) is 6.52. The van der Waals surface area contributed by atoms with Crippen molar-refractivity contribution in [3.05, 3.63) is 68.7 Å². The van der Waals surface area contributed by atoms with Crippen LogP contribution in [0.25, 0.3) is 0 Å². The Morgan fingerprint density at radius 3 is 2.17 bits per heavy atom. The lowest BCUT2D eigenvalue weighted by Crippen LogP contribution is -1.94. The molecular formula is C17H19Br. The largest absolute Gasteiger partial charge is 0.0613 e. The van der Waals surface area contributed by atoms with Gasteiger partial charge in [-0.1, -0.05) is 53.2 Å². The van der Waals surface area contributed by atoms with E-state index in [0.29, 0.717) is 0 Å². The maximum absolute atomic E-state index is 3.63. The average molecular weight is 303 g/mol. The molecule has 0 N–H and O–H groups in total. The molecule has 0 nitrogen and oxygen atoms in total. The molecule has 2 aromatic rings.